The fourth-order valence-corrected chi connectivity index (χ4v) is 2.27. The van der Waals surface area contributed by atoms with Crippen molar-refractivity contribution in [1.82, 2.24) is 4.98 Å². The Morgan fingerprint density at radius 3 is 2.90 bits per heavy atom. The van der Waals surface area contributed by atoms with E-state index in [1.165, 1.54) is 12.3 Å². The maximum absolute atomic E-state index is 11.2. The van der Waals surface area contributed by atoms with Crippen LogP contribution in [0.3, 0.4) is 0 Å². The molecule has 8 heteroatoms. The Bertz CT molecular complexity index is 760. The van der Waals surface area contributed by atoms with Crippen LogP contribution in [0.2, 0.25) is 0 Å². The van der Waals surface area contributed by atoms with Gasteiger partial charge >= 0.3 is 11.8 Å². The van der Waals surface area contributed by atoms with Gasteiger partial charge in [0.25, 0.3) is 0 Å². The molecule has 2 aromatic rings. The molecule has 0 spiro atoms. The SMILES string of the molecule is Nc1nccc(-c2cccc3c2COC(=O)N3)c1[N+](=O)[O-]. The molecule has 106 valence electrons. The third kappa shape index (κ3) is 2.12. The summed E-state index contributed by atoms with van der Waals surface area (Å²) in [5.41, 5.74) is 7.48. The molecule has 0 bridgehead atoms. The van der Waals surface area contributed by atoms with Crippen molar-refractivity contribution >= 4 is 23.3 Å². The number of rotatable bonds is 2. The second kappa shape index (κ2) is 4.75. The van der Waals surface area contributed by atoms with E-state index in [9.17, 15) is 14.9 Å². The number of amides is 1. The summed E-state index contributed by atoms with van der Waals surface area (Å²) in [7, 11) is 0. The van der Waals surface area contributed by atoms with E-state index in [0.29, 0.717) is 22.4 Å². The van der Waals surface area contributed by atoms with Crippen LogP contribution in [0.4, 0.5) is 22.0 Å². The lowest BCUT2D eigenvalue weighted by atomic mass is 9.97. The number of aromatic nitrogens is 1. The number of pyridine rings is 1. The number of benzene rings is 1. The molecule has 3 N–H and O–H groups in total. The van der Waals surface area contributed by atoms with Gasteiger partial charge < -0.3 is 10.5 Å². The highest BCUT2D eigenvalue weighted by Gasteiger charge is 2.25. The topological polar surface area (TPSA) is 120 Å². The number of ether oxygens (including phenoxy) is 1. The van der Waals surface area contributed by atoms with Crippen LogP contribution in [0.25, 0.3) is 11.1 Å². The standard InChI is InChI=1S/C13H10N4O4/c14-12-11(17(19)20)8(4-5-15-12)7-2-1-3-10-9(7)6-21-13(18)16-10/h1-5H,6H2,(H2,14,15)(H,16,18). The van der Waals surface area contributed by atoms with Crippen molar-refractivity contribution in [2.75, 3.05) is 11.1 Å². The summed E-state index contributed by atoms with van der Waals surface area (Å²) in [5.74, 6) is -0.157. The minimum Gasteiger partial charge on any atom is -0.444 e. The summed E-state index contributed by atoms with van der Waals surface area (Å²) in [6, 6.07) is 6.62. The highest BCUT2D eigenvalue weighted by molar-refractivity contribution is 5.92. The van der Waals surface area contributed by atoms with E-state index in [1.807, 2.05) is 0 Å². The van der Waals surface area contributed by atoms with Gasteiger partial charge in [-0.1, -0.05) is 12.1 Å². The largest absolute Gasteiger partial charge is 0.444 e. The minimum absolute atomic E-state index is 0.0384. The Kier molecular flexibility index (Phi) is 2.90. The van der Waals surface area contributed by atoms with Gasteiger partial charge in [0, 0.05) is 11.8 Å². The Labute approximate surface area is 118 Å². The second-order valence-electron chi connectivity index (χ2n) is 4.38. The van der Waals surface area contributed by atoms with Crippen LogP contribution in [-0.2, 0) is 11.3 Å². The van der Waals surface area contributed by atoms with E-state index in [4.69, 9.17) is 10.5 Å². The average Bonchev–Trinajstić information content (AvgIpc) is 2.45. The van der Waals surface area contributed by atoms with Crippen molar-refractivity contribution in [3.8, 4) is 11.1 Å². The molecule has 0 radical (unpaired) electrons. The van der Waals surface area contributed by atoms with Crippen LogP contribution in [0.1, 0.15) is 5.56 Å². The summed E-state index contributed by atoms with van der Waals surface area (Å²) in [5, 5.41) is 13.8. The molecule has 21 heavy (non-hydrogen) atoms. The zero-order valence-electron chi connectivity index (χ0n) is 10.7. The Balaban J connectivity index is 2.23. The number of nitro groups is 1. The van der Waals surface area contributed by atoms with Gasteiger partial charge in [0.15, 0.2) is 0 Å². The van der Waals surface area contributed by atoms with Crippen molar-refractivity contribution < 1.29 is 14.5 Å². The highest BCUT2D eigenvalue weighted by Crippen LogP contribution is 2.38. The third-order valence-electron chi connectivity index (χ3n) is 3.19. The van der Waals surface area contributed by atoms with Crippen molar-refractivity contribution in [1.29, 1.82) is 0 Å². The van der Waals surface area contributed by atoms with E-state index in [-0.39, 0.29) is 18.1 Å². The molecule has 0 saturated heterocycles. The van der Waals surface area contributed by atoms with E-state index in [0.717, 1.165) is 0 Å². The normalized spacial score (nSPS) is 13.0. The van der Waals surface area contributed by atoms with Gasteiger partial charge in [-0.05, 0) is 17.7 Å². The van der Waals surface area contributed by atoms with Crippen molar-refractivity contribution in [2.24, 2.45) is 0 Å². The lowest BCUT2D eigenvalue weighted by Crippen LogP contribution is -2.20. The molecule has 8 nitrogen and oxygen atoms in total. The zero-order chi connectivity index (χ0) is 15.0. The Morgan fingerprint density at radius 2 is 2.14 bits per heavy atom. The number of nitrogens with one attached hydrogen (secondary N) is 1. The number of nitrogens with zero attached hydrogens (tertiary/aromatic N) is 2. The summed E-state index contributed by atoms with van der Waals surface area (Å²) >= 11 is 0. The average molecular weight is 286 g/mol. The predicted octanol–water partition coefficient (Wildman–Crippen LogP) is 2.30. The summed E-state index contributed by atoms with van der Waals surface area (Å²) < 4.78 is 4.93. The molecule has 1 aromatic heterocycles. The molecule has 0 unspecified atom stereocenters. The fourth-order valence-electron chi connectivity index (χ4n) is 2.27. The van der Waals surface area contributed by atoms with Crippen molar-refractivity contribution in [2.45, 2.75) is 6.61 Å². The van der Waals surface area contributed by atoms with E-state index >= 15 is 0 Å². The maximum atomic E-state index is 11.2. The summed E-state index contributed by atoms with van der Waals surface area (Å²) in [6.45, 7) is 0.0384. The molecule has 1 aliphatic rings. The predicted molar refractivity (Wildman–Crippen MR) is 74.5 cm³/mol. The van der Waals surface area contributed by atoms with Crippen LogP contribution >= 0.6 is 0 Å². The monoisotopic (exact) mass is 286 g/mol. The van der Waals surface area contributed by atoms with Gasteiger partial charge in [-0.15, -0.1) is 0 Å². The van der Waals surface area contributed by atoms with E-state index in [1.54, 1.807) is 18.2 Å². The maximum Gasteiger partial charge on any atom is 0.411 e. The molecule has 0 atom stereocenters. The number of carbonyl (C=O) groups excluding carboxylic acids is 1. The fraction of sp³-hybridized carbons (Fsp3) is 0.0769. The van der Waals surface area contributed by atoms with Gasteiger partial charge in [-0.25, -0.2) is 9.78 Å². The Hall–Kier alpha value is -3.16. The van der Waals surface area contributed by atoms with E-state index in [2.05, 4.69) is 10.3 Å². The molecule has 0 aliphatic carbocycles. The minimum atomic E-state index is -0.570. The lowest BCUT2D eigenvalue weighted by molar-refractivity contribution is -0.383. The van der Waals surface area contributed by atoms with Crippen LogP contribution in [0, 0.1) is 10.1 Å². The van der Waals surface area contributed by atoms with Crippen molar-refractivity contribution in [3.63, 3.8) is 0 Å². The van der Waals surface area contributed by atoms with Gasteiger partial charge in [-0.2, -0.15) is 0 Å². The van der Waals surface area contributed by atoms with Gasteiger partial charge in [0.1, 0.15) is 6.61 Å². The number of nitrogen functional groups attached to an aromatic ring is 1. The molecule has 0 fully saturated rings. The molecule has 1 aromatic carbocycles. The molecule has 1 aliphatic heterocycles. The number of cyclic esters (lactones) is 1. The number of hydrogen-bond donors (Lipinski definition) is 2. The summed E-state index contributed by atoms with van der Waals surface area (Å²) in [4.78, 5) is 25.6. The molecule has 3 rings (SSSR count). The van der Waals surface area contributed by atoms with Crippen LogP contribution in [-0.4, -0.2) is 16.0 Å². The van der Waals surface area contributed by atoms with Gasteiger partial charge in [-0.3, -0.25) is 15.4 Å². The van der Waals surface area contributed by atoms with Crippen LogP contribution in [0.15, 0.2) is 30.5 Å². The molecular formula is C13H10N4O4. The number of hydrogen-bond acceptors (Lipinski definition) is 6. The number of anilines is 2. The zero-order valence-corrected chi connectivity index (χ0v) is 10.7. The molecule has 0 saturated carbocycles. The van der Waals surface area contributed by atoms with E-state index < -0.39 is 11.0 Å². The lowest BCUT2D eigenvalue weighted by Gasteiger charge is -2.20. The first kappa shape index (κ1) is 12.9. The second-order valence-corrected chi connectivity index (χ2v) is 4.38. The van der Waals surface area contributed by atoms with Gasteiger partial charge in [0.2, 0.25) is 5.82 Å². The molecule has 2 heterocycles. The third-order valence-corrected chi connectivity index (χ3v) is 3.19. The summed E-state index contributed by atoms with van der Waals surface area (Å²) in [6.07, 6.45) is 0.850. The smallest absolute Gasteiger partial charge is 0.411 e. The first-order valence-electron chi connectivity index (χ1n) is 6.03. The Morgan fingerprint density at radius 1 is 1.33 bits per heavy atom. The van der Waals surface area contributed by atoms with Crippen molar-refractivity contribution in [3.05, 3.63) is 46.1 Å². The highest BCUT2D eigenvalue weighted by atomic mass is 16.6. The number of nitrogens with two attached hydrogens (primary N) is 1. The molecule has 1 amide bonds. The van der Waals surface area contributed by atoms with Gasteiger partial charge in [0.05, 0.1) is 16.2 Å². The van der Waals surface area contributed by atoms with Crippen LogP contribution < -0.4 is 11.1 Å². The first-order valence-corrected chi connectivity index (χ1v) is 6.03. The first-order chi connectivity index (χ1) is 10.1. The number of carbonyl (C=O) groups is 1. The molecular weight excluding hydrogens is 276 g/mol. The quantitative estimate of drug-likeness (QED) is 0.645. The number of fused-ring (bicyclic) bond motifs is 1. The van der Waals surface area contributed by atoms with Crippen LogP contribution in [0.5, 0.6) is 0 Å².